The minimum absolute atomic E-state index is 0.0637. The minimum Gasteiger partial charge on any atom is -0.497 e. The molecule has 0 bridgehead atoms. The van der Waals surface area contributed by atoms with Crippen molar-refractivity contribution in [2.75, 3.05) is 27.2 Å². The minimum atomic E-state index is -0.385. The molecule has 1 heterocycles. The molecule has 2 aliphatic rings. The monoisotopic (exact) mass is 346 g/mol. The van der Waals surface area contributed by atoms with Crippen LogP contribution in [0.15, 0.2) is 24.3 Å². The number of β-amino-alcohol motifs (C(OH)–C–C–N with tert-alkyl or cyclic N) is 1. The maximum atomic E-state index is 12.8. The third-order valence-corrected chi connectivity index (χ3v) is 5.71. The zero-order valence-electron chi connectivity index (χ0n) is 15.4. The third-order valence-electron chi connectivity index (χ3n) is 5.71. The van der Waals surface area contributed by atoms with Crippen LogP contribution in [0.25, 0.3) is 0 Å². The number of nitrogens with zero attached hydrogens (tertiary/aromatic N) is 2. The number of methoxy groups -OCH3 is 1. The molecule has 1 aliphatic carbocycles. The number of likely N-dealkylation sites (N-methyl/N-ethyl adjacent to an activating group) is 1. The number of benzene rings is 1. The summed E-state index contributed by atoms with van der Waals surface area (Å²) in [6.45, 7) is 0.915. The fourth-order valence-electron chi connectivity index (χ4n) is 4.21. The van der Waals surface area contributed by atoms with Gasteiger partial charge in [0.1, 0.15) is 5.75 Å². The predicted molar refractivity (Wildman–Crippen MR) is 97.6 cm³/mol. The van der Waals surface area contributed by atoms with Gasteiger partial charge in [-0.25, -0.2) is 0 Å². The van der Waals surface area contributed by atoms with Gasteiger partial charge >= 0.3 is 0 Å². The van der Waals surface area contributed by atoms with Crippen molar-refractivity contribution >= 4 is 5.91 Å². The molecule has 2 atom stereocenters. The van der Waals surface area contributed by atoms with Gasteiger partial charge in [0.25, 0.3) is 0 Å². The zero-order chi connectivity index (χ0) is 17.8. The van der Waals surface area contributed by atoms with Gasteiger partial charge in [0, 0.05) is 25.7 Å². The molecule has 5 nitrogen and oxygen atoms in total. The summed E-state index contributed by atoms with van der Waals surface area (Å²) in [6.07, 6.45) is 6.23. The number of carbonyl (C=O) groups is 1. The van der Waals surface area contributed by atoms with E-state index in [9.17, 15) is 9.90 Å². The Morgan fingerprint density at radius 2 is 2.08 bits per heavy atom. The van der Waals surface area contributed by atoms with Crippen LogP contribution in [-0.4, -0.2) is 60.2 Å². The fraction of sp³-hybridized carbons (Fsp3) is 0.650. The van der Waals surface area contributed by atoms with Crippen LogP contribution in [0.3, 0.4) is 0 Å². The van der Waals surface area contributed by atoms with Gasteiger partial charge in [-0.1, -0.05) is 31.4 Å². The van der Waals surface area contributed by atoms with E-state index in [1.54, 1.807) is 7.11 Å². The van der Waals surface area contributed by atoms with Gasteiger partial charge in [0.2, 0.25) is 5.91 Å². The quantitative estimate of drug-likeness (QED) is 0.890. The molecular weight excluding hydrogens is 316 g/mol. The fourth-order valence-corrected chi connectivity index (χ4v) is 4.21. The van der Waals surface area contributed by atoms with Gasteiger partial charge in [-0.05, 0) is 37.0 Å². The summed E-state index contributed by atoms with van der Waals surface area (Å²) in [5.41, 5.74) is 1.10. The molecule has 0 aromatic heterocycles. The Morgan fingerprint density at radius 1 is 1.32 bits per heavy atom. The van der Waals surface area contributed by atoms with E-state index >= 15 is 0 Å². The van der Waals surface area contributed by atoms with Crippen LogP contribution in [0, 0.1) is 0 Å². The summed E-state index contributed by atoms with van der Waals surface area (Å²) in [5, 5.41) is 10.2. The second kappa shape index (κ2) is 8.19. The smallest absolute Gasteiger partial charge is 0.236 e. The Labute approximate surface area is 150 Å². The summed E-state index contributed by atoms with van der Waals surface area (Å²) >= 11 is 0. The molecule has 1 N–H and O–H groups in total. The first-order chi connectivity index (χ1) is 12.1. The number of carbonyl (C=O) groups excluding carboxylic acids is 1. The average molecular weight is 346 g/mol. The van der Waals surface area contributed by atoms with Crippen molar-refractivity contribution in [3.63, 3.8) is 0 Å². The highest BCUT2D eigenvalue weighted by Crippen LogP contribution is 2.33. The van der Waals surface area contributed by atoms with Gasteiger partial charge in [0.15, 0.2) is 0 Å². The zero-order valence-corrected chi connectivity index (χ0v) is 15.4. The highest BCUT2D eigenvalue weighted by atomic mass is 16.5. The SMILES string of the molecule is COc1cccc([C@@H]2C[C@H](O)CN2CC(=O)N(C)C2CCCCC2)c1. The molecule has 0 radical (unpaired) electrons. The van der Waals surface area contributed by atoms with E-state index in [-0.39, 0.29) is 18.1 Å². The van der Waals surface area contributed by atoms with Crippen molar-refractivity contribution < 1.29 is 14.6 Å². The summed E-state index contributed by atoms with van der Waals surface area (Å²) in [4.78, 5) is 16.8. The summed E-state index contributed by atoms with van der Waals surface area (Å²) in [6, 6.07) is 8.38. The van der Waals surface area contributed by atoms with Gasteiger partial charge in [-0.15, -0.1) is 0 Å². The van der Waals surface area contributed by atoms with E-state index in [0.29, 0.717) is 25.6 Å². The van der Waals surface area contributed by atoms with Crippen LogP contribution in [-0.2, 0) is 4.79 Å². The Morgan fingerprint density at radius 3 is 2.80 bits per heavy atom. The highest BCUT2D eigenvalue weighted by Gasteiger charge is 2.34. The molecule has 1 amide bonds. The lowest BCUT2D eigenvalue weighted by Crippen LogP contribution is -2.44. The Kier molecular flexibility index (Phi) is 5.97. The Hall–Kier alpha value is -1.59. The van der Waals surface area contributed by atoms with Crippen LogP contribution in [0.5, 0.6) is 5.75 Å². The molecule has 1 saturated heterocycles. The summed E-state index contributed by atoms with van der Waals surface area (Å²) in [5.74, 6) is 0.971. The Balaban J connectivity index is 1.67. The second-order valence-corrected chi connectivity index (χ2v) is 7.41. The number of aliphatic hydroxyl groups is 1. The topological polar surface area (TPSA) is 53.0 Å². The molecule has 1 saturated carbocycles. The van der Waals surface area contributed by atoms with Crippen molar-refractivity contribution in [2.24, 2.45) is 0 Å². The lowest BCUT2D eigenvalue weighted by atomic mass is 9.94. The number of ether oxygens (including phenoxy) is 1. The van der Waals surface area contributed by atoms with Crippen LogP contribution in [0.2, 0.25) is 0 Å². The van der Waals surface area contributed by atoms with Crippen LogP contribution >= 0.6 is 0 Å². The van der Waals surface area contributed by atoms with E-state index in [1.165, 1.54) is 19.3 Å². The lowest BCUT2D eigenvalue weighted by molar-refractivity contribution is -0.134. The van der Waals surface area contributed by atoms with E-state index < -0.39 is 0 Å². The molecule has 1 aromatic carbocycles. The molecule has 2 fully saturated rings. The van der Waals surface area contributed by atoms with E-state index in [2.05, 4.69) is 4.90 Å². The number of rotatable bonds is 5. The average Bonchev–Trinajstić information content (AvgIpc) is 3.02. The molecule has 25 heavy (non-hydrogen) atoms. The van der Waals surface area contributed by atoms with Crippen LogP contribution < -0.4 is 4.74 Å². The number of likely N-dealkylation sites (tertiary alicyclic amines) is 1. The van der Waals surface area contributed by atoms with Crippen LogP contribution in [0.4, 0.5) is 0 Å². The molecular formula is C20H30N2O3. The number of hydrogen-bond acceptors (Lipinski definition) is 4. The molecule has 3 rings (SSSR count). The van der Waals surface area contributed by atoms with Crippen molar-refractivity contribution in [2.45, 2.75) is 56.7 Å². The van der Waals surface area contributed by atoms with Gasteiger partial charge < -0.3 is 14.7 Å². The van der Waals surface area contributed by atoms with E-state index in [0.717, 1.165) is 24.2 Å². The lowest BCUT2D eigenvalue weighted by Gasteiger charge is -2.33. The molecule has 5 heteroatoms. The van der Waals surface area contributed by atoms with Crippen molar-refractivity contribution in [1.29, 1.82) is 0 Å². The van der Waals surface area contributed by atoms with Gasteiger partial charge in [0.05, 0.1) is 19.8 Å². The Bertz CT molecular complexity index is 586. The third kappa shape index (κ3) is 4.33. The summed E-state index contributed by atoms with van der Waals surface area (Å²) in [7, 11) is 3.59. The maximum absolute atomic E-state index is 12.8. The number of aliphatic hydroxyl groups excluding tert-OH is 1. The van der Waals surface area contributed by atoms with Crippen molar-refractivity contribution in [3.05, 3.63) is 29.8 Å². The first-order valence-electron chi connectivity index (χ1n) is 9.40. The predicted octanol–water partition coefficient (Wildman–Crippen LogP) is 2.59. The molecule has 1 aromatic rings. The van der Waals surface area contributed by atoms with Crippen LogP contribution in [0.1, 0.15) is 50.1 Å². The number of amides is 1. The maximum Gasteiger partial charge on any atom is 0.236 e. The summed E-state index contributed by atoms with van der Waals surface area (Å²) < 4.78 is 5.32. The van der Waals surface area contributed by atoms with Gasteiger partial charge in [-0.2, -0.15) is 0 Å². The van der Waals surface area contributed by atoms with Crippen molar-refractivity contribution in [1.82, 2.24) is 9.80 Å². The molecule has 0 spiro atoms. The molecule has 0 unspecified atom stereocenters. The normalized spacial score (nSPS) is 25.1. The largest absolute Gasteiger partial charge is 0.497 e. The van der Waals surface area contributed by atoms with Gasteiger partial charge in [-0.3, -0.25) is 9.69 Å². The molecule has 1 aliphatic heterocycles. The number of hydrogen-bond donors (Lipinski definition) is 1. The second-order valence-electron chi connectivity index (χ2n) is 7.41. The van der Waals surface area contributed by atoms with Crippen molar-refractivity contribution in [3.8, 4) is 5.75 Å². The first-order valence-corrected chi connectivity index (χ1v) is 9.40. The highest BCUT2D eigenvalue weighted by molar-refractivity contribution is 5.78. The van der Waals surface area contributed by atoms with E-state index in [1.807, 2.05) is 36.2 Å². The van der Waals surface area contributed by atoms with E-state index in [4.69, 9.17) is 4.74 Å². The standard InChI is InChI=1S/C20H30N2O3/c1-21(16-8-4-3-5-9-16)20(24)14-22-13-17(23)12-19(22)15-7-6-10-18(11-15)25-2/h6-7,10-11,16-17,19,23H,3-5,8-9,12-14H2,1-2H3/t17-,19-/m0/s1. The first kappa shape index (κ1) is 18.2. The molecule has 138 valence electrons.